The van der Waals surface area contributed by atoms with Crippen molar-refractivity contribution in [1.29, 1.82) is 0 Å². The first-order chi connectivity index (χ1) is 12.6. The molecule has 2 fully saturated rings. The quantitative estimate of drug-likeness (QED) is 0.811. The molecule has 2 saturated heterocycles. The van der Waals surface area contributed by atoms with Crippen LogP contribution in [0.2, 0.25) is 0 Å². The Morgan fingerprint density at radius 1 is 0.808 bits per heavy atom. The fourth-order valence-electron chi connectivity index (χ4n) is 4.24. The van der Waals surface area contributed by atoms with Gasteiger partial charge < -0.3 is 9.80 Å². The molecule has 1 aromatic rings. The van der Waals surface area contributed by atoms with E-state index in [1.54, 1.807) is 6.07 Å². The molecule has 2 amide bonds. The van der Waals surface area contributed by atoms with E-state index in [-0.39, 0.29) is 11.8 Å². The fourth-order valence-corrected chi connectivity index (χ4v) is 4.24. The van der Waals surface area contributed by atoms with Crippen LogP contribution in [0.4, 0.5) is 0 Å². The van der Waals surface area contributed by atoms with Gasteiger partial charge in [0.25, 0.3) is 11.8 Å². The highest BCUT2D eigenvalue weighted by Gasteiger charge is 2.25. The van der Waals surface area contributed by atoms with Crippen molar-refractivity contribution in [2.24, 2.45) is 11.8 Å². The maximum absolute atomic E-state index is 12.8. The van der Waals surface area contributed by atoms with E-state index in [0.29, 0.717) is 11.1 Å². The first-order valence-electron chi connectivity index (χ1n) is 10.3. The summed E-state index contributed by atoms with van der Waals surface area (Å²) in [4.78, 5) is 29.6. The van der Waals surface area contributed by atoms with E-state index in [1.807, 2.05) is 28.0 Å². The highest BCUT2D eigenvalue weighted by molar-refractivity contribution is 5.99. The Morgan fingerprint density at radius 2 is 1.19 bits per heavy atom. The average Bonchev–Trinajstić information content (AvgIpc) is 2.73. The third-order valence-electron chi connectivity index (χ3n) is 6.31. The maximum atomic E-state index is 12.8. The van der Waals surface area contributed by atoms with Gasteiger partial charge in [-0.3, -0.25) is 9.59 Å². The summed E-state index contributed by atoms with van der Waals surface area (Å²) in [5.74, 6) is 1.63. The van der Waals surface area contributed by atoms with Gasteiger partial charge in [0.05, 0.1) is 0 Å². The zero-order valence-electron chi connectivity index (χ0n) is 16.2. The second-order valence-corrected chi connectivity index (χ2v) is 7.87. The van der Waals surface area contributed by atoms with E-state index in [1.165, 1.54) is 12.8 Å². The molecule has 0 spiro atoms. The van der Waals surface area contributed by atoms with Crippen molar-refractivity contribution in [3.05, 3.63) is 35.4 Å². The van der Waals surface area contributed by atoms with E-state index in [9.17, 15) is 9.59 Å². The summed E-state index contributed by atoms with van der Waals surface area (Å²) in [6.07, 6.45) is 6.75. The number of amides is 2. The fraction of sp³-hybridized carbons (Fsp3) is 0.636. The third-order valence-corrected chi connectivity index (χ3v) is 6.31. The Hall–Kier alpha value is -1.84. The Bertz CT molecular complexity index is 576. The minimum absolute atomic E-state index is 0.0684. The van der Waals surface area contributed by atoms with Gasteiger partial charge in [0.2, 0.25) is 0 Å². The molecule has 26 heavy (non-hydrogen) atoms. The second-order valence-electron chi connectivity index (χ2n) is 7.87. The van der Waals surface area contributed by atoms with E-state index in [4.69, 9.17) is 0 Å². The smallest absolute Gasteiger partial charge is 0.253 e. The second kappa shape index (κ2) is 8.70. The summed E-state index contributed by atoms with van der Waals surface area (Å²) >= 11 is 0. The van der Waals surface area contributed by atoms with Crippen LogP contribution in [-0.2, 0) is 0 Å². The molecule has 0 unspecified atom stereocenters. The summed E-state index contributed by atoms with van der Waals surface area (Å²) in [6, 6.07) is 7.32. The van der Waals surface area contributed by atoms with Crippen LogP contribution in [0.5, 0.6) is 0 Å². The van der Waals surface area contributed by atoms with Gasteiger partial charge in [0.1, 0.15) is 0 Å². The van der Waals surface area contributed by atoms with Crippen LogP contribution in [0.25, 0.3) is 0 Å². The van der Waals surface area contributed by atoms with Crippen molar-refractivity contribution in [2.45, 2.75) is 52.4 Å². The number of likely N-dealkylation sites (tertiary alicyclic amines) is 2. The van der Waals surface area contributed by atoms with Crippen molar-refractivity contribution in [1.82, 2.24) is 9.80 Å². The van der Waals surface area contributed by atoms with Crippen molar-refractivity contribution >= 4 is 11.8 Å². The summed E-state index contributed by atoms with van der Waals surface area (Å²) in [6.45, 7) is 7.78. The highest BCUT2D eigenvalue weighted by atomic mass is 16.2. The third kappa shape index (κ3) is 4.28. The highest BCUT2D eigenvalue weighted by Crippen LogP contribution is 2.23. The summed E-state index contributed by atoms with van der Waals surface area (Å²) in [5, 5.41) is 0. The first-order valence-corrected chi connectivity index (χ1v) is 10.3. The first kappa shape index (κ1) is 18.9. The average molecular weight is 357 g/mol. The van der Waals surface area contributed by atoms with Crippen LogP contribution in [0.15, 0.2) is 24.3 Å². The van der Waals surface area contributed by atoms with Crippen LogP contribution in [-0.4, -0.2) is 47.8 Å². The number of carbonyl (C=O) groups is 2. The molecule has 2 aliphatic heterocycles. The number of carbonyl (C=O) groups excluding carboxylic acids is 2. The van der Waals surface area contributed by atoms with Crippen LogP contribution < -0.4 is 0 Å². The van der Waals surface area contributed by atoms with Crippen LogP contribution in [0.1, 0.15) is 73.1 Å². The molecule has 0 aliphatic carbocycles. The topological polar surface area (TPSA) is 40.6 Å². The lowest BCUT2D eigenvalue weighted by molar-refractivity contribution is 0.0687. The minimum atomic E-state index is 0.0684. The van der Waals surface area contributed by atoms with E-state index >= 15 is 0 Å². The monoisotopic (exact) mass is 356 g/mol. The minimum Gasteiger partial charge on any atom is -0.339 e. The van der Waals surface area contributed by atoms with Crippen LogP contribution >= 0.6 is 0 Å². The molecular formula is C22H32N2O2. The summed E-state index contributed by atoms with van der Waals surface area (Å²) in [7, 11) is 0. The Morgan fingerprint density at radius 3 is 1.54 bits per heavy atom. The molecular weight excluding hydrogens is 324 g/mol. The molecule has 2 heterocycles. The summed E-state index contributed by atoms with van der Waals surface area (Å²) in [5.41, 5.74) is 1.29. The molecule has 1 aromatic carbocycles. The molecule has 4 nitrogen and oxygen atoms in total. The Labute approximate surface area is 157 Å². The molecule has 0 atom stereocenters. The Kier molecular flexibility index (Phi) is 6.33. The van der Waals surface area contributed by atoms with Crippen molar-refractivity contribution in [2.75, 3.05) is 26.2 Å². The molecule has 4 heteroatoms. The predicted octanol–water partition coefficient (Wildman–Crippen LogP) is 4.21. The number of hydrogen-bond donors (Lipinski definition) is 0. The van der Waals surface area contributed by atoms with Gasteiger partial charge in [0.15, 0.2) is 0 Å². The maximum Gasteiger partial charge on any atom is 0.253 e. The Balaban J connectivity index is 1.64. The molecule has 3 rings (SSSR count). The molecule has 0 saturated carbocycles. The van der Waals surface area contributed by atoms with Gasteiger partial charge in [-0.25, -0.2) is 0 Å². The number of piperidine rings is 2. The van der Waals surface area contributed by atoms with Crippen molar-refractivity contribution < 1.29 is 9.59 Å². The van der Waals surface area contributed by atoms with Gasteiger partial charge in [0, 0.05) is 37.3 Å². The molecule has 2 aliphatic rings. The van der Waals surface area contributed by atoms with Crippen LogP contribution in [0, 0.1) is 11.8 Å². The number of nitrogens with zero attached hydrogens (tertiary/aromatic N) is 2. The van der Waals surface area contributed by atoms with E-state index in [0.717, 1.165) is 63.7 Å². The van der Waals surface area contributed by atoms with E-state index in [2.05, 4.69) is 13.8 Å². The standard InChI is InChI=1S/C22H32N2O2/c1-3-17-8-12-23(13-9-17)21(25)19-6-5-7-20(16-19)22(26)24-14-10-18(4-2)11-15-24/h5-7,16-18H,3-4,8-15H2,1-2H3. The van der Waals surface area contributed by atoms with E-state index < -0.39 is 0 Å². The lowest BCUT2D eigenvalue weighted by Gasteiger charge is -2.32. The lowest BCUT2D eigenvalue weighted by Crippen LogP contribution is -2.39. The van der Waals surface area contributed by atoms with Gasteiger partial charge >= 0.3 is 0 Å². The number of benzene rings is 1. The van der Waals surface area contributed by atoms with Gasteiger partial charge in [-0.05, 0) is 55.7 Å². The normalized spacial score (nSPS) is 19.6. The number of hydrogen-bond acceptors (Lipinski definition) is 2. The SMILES string of the molecule is CCC1CCN(C(=O)c2cccc(C(=O)N3CCC(CC)CC3)c2)CC1. The largest absolute Gasteiger partial charge is 0.339 e. The zero-order chi connectivity index (χ0) is 18.5. The molecule has 0 aromatic heterocycles. The van der Waals surface area contributed by atoms with Gasteiger partial charge in [-0.15, -0.1) is 0 Å². The molecule has 142 valence electrons. The molecule has 0 radical (unpaired) electrons. The lowest BCUT2D eigenvalue weighted by atomic mass is 9.93. The van der Waals surface area contributed by atoms with Gasteiger partial charge in [-0.2, -0.15) is 0 Å². The van der Waals surface area contributed by atoms with Crippen molar-refractivity contribution in [3.63, 3.8) is 0 Å². The number of rotatable bonds is 4. The van der Waals surface area contributed by atoms with Crippen LogP contribution in [0.3, 0.4) is 0 Å². The van der Waals surface area contributed by atoms with Gasteiger partial charge in [-0.1, -0.05) is 32.8 Å². The predicted molar refractivity (Wildman–Crippen MR) is 104 cm³/mol. The molecule has 0 bridgehead atoms. The zero-order valence-corrected chi connectivity index (χ0v) is 16.2. The molecule has 0 N–H and O–H groups in total. The van der Waals surface area contributed by atoms with Crippen molar-refractivity contribution in [3.8, 4) is 0 Å². The summed E-state index contributed by atoms with van der Waals surface area (Å²) < 4.78 is 0.